The summed E-state index contributed by atoms with van der Waals surface area (Å²) in [5.74, 6) is 1.56. The lowest BCUT2D eigenvalue weighted by molar-refractivity contribution is -0.144. The molecule has 0 aromatic rings. The third-order valence-electron chi connectivity index (χ3n) is 11.4. The summed E-state index contributed by atoms with van der Waals surface area (Å²) in [6.45, 7) is 14.6. The Morgan fingerprint density at radius 3 is 1.11 bits per heavy atom. The van der Waals surface area contributed by atoms with E-state index in [1.165, 1.54) is 116 Å². The predicted octanol–water partition coefficient (Wildman–Crippen LogP) is 13.6. The van der Waals surface area contributed by atoms with Crippen molar-refractivity contribution in [3.8, 4) is 0 Å². The molecule has 316 valence electrons. The molecule has 6 nitrogen and oxygen atoms in total. The average Bonchev–Trinajstić information content (AvgIpc) is 3.16. The Labute approximate surface area is 331 Å². The zero-order chi connectivity index (χ0) is 39.0. The molecular weight excluding hydrogens is 659 g/mol. The molecule has 0 aromatic heterocycles. The van der Waals surface area contributed by atoms with Crippen LogP contribution < -0.4 is 0 Å². The molecule has 6 heteroatoms. The zero-order valence-electron chi connectivity index (χ0n) is 36.4. The molecule has 0 aliphatic carbocycles. The van der Waals surface area contributed by atoms with Crippen molar-refractivity contribution in [3.63, 3.8) is 0 Å². The maximum atomic E-state index is 12.3. The number of carbonyl (C=O) groups is 2. The Kier molecular flexibility index (Phi) is 39.6. The van der Waals surface area contributed by atoms with Gasteiger partial charge in [-0.3, -0.25) is 14.5 Å². The van der Waals surface area contributed by atoms with Crippen LogP contribution >= 0.6 is 0 Å². The van der Waals surface area contributed by atoms with E-state index in [1.54, 1.807) is 0 Å². The van der Waals surface area contributed by atoms with Crippen LogP contribution in [0.3, 0.4) is 0 Å². The highest BCUT2D eigenvalue weighted by Crippen LogP contribution is 2.24. The Balaban J connectivity index is 3.95. The normalized spacial score (nSPS) is 12.3. The van der Waals surface area contributed by atoms with E-state index in [4.69, 9.17) is 9.47 Å². The molecule has 1 N–H and O–H groups in total. The molecule has 1 unspecified atom stereocenters. The van der Waals surface area contributed by atoms with Crippen molar-refractivity contribution in [3.05, 3.63) is 0 Å². The van der Waals surface area contributed by atoms with Gasteiger partial charge >= 0.3 is 11.9 Å². The second kappa shape index (κ2) is 40.5. The van der Waals surface area contributed by atoms with Crippen LogP contribution in [0.25, 0.3) is 0 Å². The van der Waals surface area contributed by atoms with Gasteiger partial charge in [-0.15, -0.1) is 0 Å². The summed E-state index contributed by atoms with van der Waals surface area (Å²) in [7, 11) is 0. The third kappa shape index (κ3) is 35.0. The van der Waals surface area contributed by atoms with Crippen molar-refractivity contribution in [1.29, 1.82) is 0 Å². The summed E-state index contributed by atoms with van der Waals surface area (Å²) < 4.78 is 11.2. The summed E-state index contributed by atoms with van der Waals surface area (Å²) in [6, 6.07) is 0.186. The molecular formula is C47H93NO5. The van der Waals surface area contributed by atoms with E-state index < -0.39 is 0 Å². The molecule has 0 aliphatic rings. The van der Waals surface area contributed by atoms with Gasteiger partial charge < -0.3 is 14.6 Å². The van der Waals surface area contributed by atoms with Gasteiger partial charge in [-0.25, -0.2) is 0 Å². The van der Waals surface area contributed by atoms with Crippen molar-refractivity contribution in [2.24, 2.45) is 11.8 Å². The van der Waals surface area contributed by atoms with Crippen molar-refractivity contribution in [1.82, 2.24) is 4.90 Å². The second-order valence-corrected chi connectivity index (χ2v) is 16.5. The number of nitrogens with zero attached hydrogens (tertiary/aromatic N) is 1. The van der Waals surface area contributed by atoms with Crippen molar-refractivity contribution < 1.29 is 24.2 Å². The van der Waals surface area contributed by atoms with Crippen LogP contribution in [0.1, 0.15) is 240 Å². The summed E-state index contributed by atoms with van der Waals surface area (Å²) in [5, 5.41) is 9.81. The standard InChI is InChI=1S/C47H93NO5/c1-6-10-20-30-44(31-21-11-7-2)34-28-40-52-46(50)36-24-16-14-18-26-38-48(43(5)42-49)39-27-19-15-17-25-37-47(51)53-41-29-35-45(32-22-12-8-3)33-23-13-9-4/h43-45,49H,6-42H2,1-5H3. The van der Waals surface area contributed by atoms with Gasteiger partial charge in [0.25, 0.3) is 0 Å². The number of aliphatic hydroxyl groups excluding tert-OH is 1. The lowest BCUT2D eigenvalue weighted by Crippen LogP contribution is -2.37. The van der Waals surface area contributed by atoms with Gasteiger partial charge in [-0.05, 0) is 83.2 Å². The minimum atomic E-state index is -0.0220. The minimum absolute atomic E-state index is 0.0220. The first kappa shape index (κ1) is 51.9. The molecule has 0 amide bonds. The van der Waals surface area contributed by atoms with E-state index in [0.717, 1.165) is 102 Å². The molecule has 1 atom stereocenters. The summed E-state index contributed by atoms with van der Waals surface area (Å²) in [6.07, 6.45) is 37.5. The second-order valence-electron chi connectivity index (χ2n) is 16.5. The summed E-state index contributed by atoms with van der Waals surface area (Å²) >= 11 is 0. The Morgan fingerprint density at radius 2 is 0.774 bits per heavy atom. The Morgan fingerprint density at radius 1 is 0.453 bits per heavy atom. The molecule has 0 rings (SSSR count). The van der Waals surface area contributed by atoms with Gasteiger partial charge in [0.05, 0.1) is 19.8 Å². The number of hydrogen-bond acceptors (Lipinski definition) is 6. The lowest BCUT2D eigenvalue weighted by atomic mass is 9.91. The van der Waals surface area contributed by atoms with E-state index in [9.17, 15) is 14.7 Å². The number of hydrogen-bond donors (Lipinski definition) is 1. The van der Waals surface area contributed by atoms with Crippen molar-refractivity contribution in [2.75, 3.05) is 32.9 Å². The number of rotatable bonds is 42. The molecule has 53 heavy (non-hydrogen) atoms. The molecule has 0 bridgehead atoms. The summed E-state index contributed by atoms with van der Waals surface area (Å²) in [4.78, 5) is 27.0. The smallest absolute Gasteiger partial charge is 0.305 e. The quantitative estimate of drug-likeness (QED) is 0.0494. The van der Waals surface area contributed by atoms with Gasteiger partial charge in [-0.1, -0.05) is 169 Å². The first-order valence-electron chi connectivity index (χ1n) is 23.6. The van der Waals surface area contributed by atoms with Gasteiger partial charge in [0.2, 0.25) is 0 Å². The molecule has 0 saturated heterocycles. The van der Waals surface area contributed by atoms with Crippen LogP contribution in [0.2, 0.25) is 0 Å². The largest absolute Gasteiger partial charge is 0.466 e. The SMILES string of the molecule is CCCCCC(CCCCC)CCCOC(=O)CCCCCCCN(CCCCCCCC(=O)OCCCC(CCCCC)CCCCC)C(C)CO. The van der Waals surface area contributed by atoms with E-state index in [-0.39, 0.29) is 24.6 Å². The number of esters is 2. The fourth-order valence-corrected chi connectivity index (χ4v) is 7.76. The first-order valence-corrected chi connectivity index (χ1v) is 23.6. The lowest BCUT2D eigenvalue weighted by Gasteiger charge is -2.27. The topological polar surface area (TPSA) is 76.1 Å². The molecule has 0 radical (unpaired) electrons. The van der Waals surface area contributed by atoms with Crippen LogP contribution in [0, 0.1) is 11.8 Å². The van der Waals surface area contributed by atoms with Crippen LogP contribution in [-0.2, 0) is 19.1 Å². The predicted molar refractivity (Wildman–Crippen MR) is 227 cm³/mol. The highest BCUT2D eigenvalue weighted by atomic mass is 16.5. The molecule has 0 spiro atoms. The highest BCUT2D eigenvalue weighted by molar-refractivity contribution is 5.69. The fraction of sp³-hybridized carbons (Fsp3) is 0.957. The van der Waals surface area contributed by atoms with E-state index >= 15 is 0 Å². The molecule has 0 fully saturated rings. The minimum Gasteiger partial charge on any atom is -0.466 e. The molecule has 0 aliphatic heterocycles. The molecule has 0 saturated carbocycles. The highest BCUT2D eigenvalue weighted by Gasteiger charge is 2.14. The maximum absolute atomic E-state index is 12.3. The summed E-state index contributed by atoms with van der Waals surface area (Å²) in [5.41, 5.74) is 0. The first-order chi connectivity index (χ1) is 25.9. The fourth-order valence-electron chi connectivity index (χ4n) is 7.76. The van der Waals surface area contributed by atoms with E-state index in [1.807, 2.05) is 0 Å². The van der Waals surface area contributed by atoms with Crippen LogP contribution in [-0.4, -0.2) is 60.9 Å². The monoisotopic (exact) mass is 752 g/mol. The van der Waals surface area contributed by atoms with Gasteiger partial charge in [0, 0.05) is 18.9 Å². The zero-order valence-corrected chi connectivity index (χ0v) is 36.4. The van der Waals surface area contributed by atoms with Crippen LogP contribution in [0.15, 0.2) is 0 Å². The van der Waals surface area contributed by atoms with Gasteiger partial charge in [0.1, 0.15) is 0 Å². The number of unbranched alkanes of at least 4 members (excludes halogenated alkanes) is 16. The Bertz CT molecular complexity index is 698. The number of ether oxygens (including phenoxy) is 2. The average molecular weight is 752 g/mol. The third-order valence-corrected chi connectivity index (χ3v) is 11.4. The number of carbonyl (C=O) groups excluding carboxylic acids is 2. The van der Waals surface area contributed by atoms with Gasteiger partial charge in [-0.2, -0.15) is 0 Å². The maximum Gasteiger partial charge on any atom is 0.305 e. The number of aliphatic hydroxyl groups is 1. The van der Waals surface area contributed by atoms with Gasteiger partial charge in [0.15, 0.2) is 0 Å². The Hall–Kier alpha value is -1.14. The van der Waals surface area contributed by atoms with Crippen LogP contribution in [0.4, 0.5) is 0 Å². The van der Waals surface area contributed by atoms with Crippen molar-refractivity contribution in [2.45, 2.75) is 246 Å². The van der Waals surface area contributed by atoms with E-state index in [2.05, 4.69) is 39.5 Å². The van der Waals surface area contributed by atoms with Crippen molar-refractivity contribution >= 4 is 11.9 Å². The molecule has 0 heterocycles. The van der Waals surface area contributed by atoms with Crippen LogP contribution in [0.5, 0.6) is 0 Å². The molecule has 0 aromatic carbocycles. The van der Waals surface area contributed by atoms with E-state index in [0.29, 0.717) is 26.1 Å².